The third kappa shape index (κ3) is 40.3. The Balaban J connectivity index is -0.000000155. The standard InChI is InChI=1S/2C4H20N7O3P3.CH10N5O3P3.2CH4.2H6N3OP/c2*1-6-15(5,12)10-17(14,9-4)11-16(13,7-2)8-3;1-10(7)4-11(2,8)6-12(3,9)5-10;;;2*1-5(2,3)4/h2*1-4H3,(H8,5,6,7,8,9,10,11,12,13,14);1H3,(H7,2,3,4,5,6,7,8,9);2*1H4;2*(H6,1,2,3,4). The molecule has 1 heterocycles. The van der Waals surface area contributed by atoms with E-state index in [4.69, 9.17) is 22.0 Å². The van der Waals surface area contributed by atoms with E-state index in [2.05, 4.69) is 103 Å². The fraction of sp³-hybridized carbons (Fsp3) is 1.00. The molecule has 6 atom stereocenters. The first-order valence-electron chi connectivity index (χ1n) is 14.0. The molecule has 0 spiro atoms. The van der Waals surface area contributed by atoms with Gasteiger partial charge in [0.2, 0.25) is 7.44 Å². The molecule has 1 rings (SSSR count). The number of rotatable bonds is 16. The maximum absolute atomic E-state index is 12.2. The molecular weight excluding hydrogens is 999 g/mol. The van der Waals surface area contributed by atoms with Crippen LogP contribution in [-0.2, 0) is 50.2 Å². The summed E-state index contributed by atoms with van der Waals surface area (Å²) in [6.07, 6.45) is 0. The van der Waals surface area contributed by atoms with Gasteiger partial charge in [0, 0.05) is 6.66 Å². The SMILES string of the molecule is C.C.CNP(N)(=O)NP(=O)(NC)NP(=O)(NC)NC.CNP(N)(=O)NP(=O)(NC)NP(=O)(NC)NC.CP1(=O)NP(N)(=O)NP(N)(=O)N1.NP(N)(N)=O.NP(N)(N)=O. The number of hydrogen-bond donors (Lipinski definition) is 25. The first-order chi connectivity index (χ1) is 24.4. The molecule has 1 fully saturated rings. The summed E-state index contributed by atoms with van der Waals surface area (Å²) >= 11 is 0. The zero-order valence-electron chi connectivity index (χ0n) is 31.7. The van der Waals surface area contributed by atoms with Crippen LogP contribution in [0.2, 0.25) is 0 Å². The Morgan fingerprint density at radius 3 is 0.707 bits per heavy atom. The maximum atomic E-state index is 12.2. The first-order valence-corrected chi connectivity index (χ1v) is 33.9. The lowest BCUT2D eigenvalue weighted by Gasteiger charge is -2.31. The second-order valence-corrected chi connectivity index (χ2v) is 34.2. The highest BCUT2D eigenvalue weighted by Gasteiger charge is 2.41. The minimum atomic E-state index is -3.58. The zero-order chi connectivity index (χ0) is 46.1. The predicted octanol–water partition coefficient (Wildman–Crippen LogP) is -2.41. The molecule has 58 heavy (non-hydrogen) atoms. The Morgan fingerprint density at radius 1 is 0.379 bits per heavy atom. The number of nitrogens with one attached hydrogen (secondary N) is 15. The molecule has 35 N–H and O–H groups in total. The summed E-state index contributed by atoms with van der Waals surface area (Å²) in [4.78, 5) is 15.2. The molecule has 0 saturated carbocycles. The van der Waals surface area contributed by atoms with Crippen molar-refractivity contribution in [3.63, 3.8) is 0 Å². The van der Waals surface area contributed by atoms with Gasteiger partial charge < -0.3 is 0 Å². The molecule has 36 nitrogen and oxygen atoms in total. The van der Waals surface area contributed by atoms with Crippen LogP contribution in [0.1, 0.15) is 14.9 Å². The molecule has 0 bridgehead atoms. The van der Waals surface area contributed by atoms with Gasteiger partial charge in [0.15, 0.2) is 0 Å². The van der Waals surface area contributed by atoms with Gasteiger partial charge in [0.1, 0.15) is 0 Å². The van der Waals surface area contributed by atoms with Crippen LogP contribution in [0, 0.1) is 0 Å². The largest absolute Gasteiger partial charge is 0.294 e. The van der Waals surface area contributed by atoms with Crippen LogP contribution in [0.5, 0.6) is 0 Å². The van der Waals surface area contributed by atoms with Crippen molar-refractivity contribution in [2.45, 2.75) is 14.9 Å². The topological polar surface area (TPSA) is 628 Å². The van der Waals surface area contributed by atoms with Gasteiger partial charge in [0.25, 0.3) is 75.9 Å². The van der Waals surface area contributed by atoms with Crippen LogP contribution in [0.15, 0.2) is 0 Å². The smallest absolute Gasteiger partial charge is 0.289 e. The molecule has 0 amide bonds. The summed E-state index contributed by atoms with van der Waals surface area (Å²) in [5.74, 6) is 0. The lowest BCUT2D eigenvalue weighted by Crippen LogP contribution is -2.39. The summed E-state index contributed by atoms with van der Waals surface area (Å²) < 4.78 is 124. The minimum absolute atomic E-state index is 0. The third-order valence-electron chi connectivity index (χ3n) is 4.67. The fourth-order valence-electron chi connectivity index (χ4n) is 2.44. The average molecular weight is 1070 g/mol. The molecule has 0 radical (unpaired) electrons. The van der Waals surface area contributed by atoms with Gasteiger partial charge in [-0.1, -0.05) is 14.9 Å². The van der Waals surface area contributed by atoms with Crippen LogP contribution in [-0.4, -0.2) is 63.0 Å². The third-order valence-corrected chi connectivity index (χ3v) is 26.7. The van der Waals surface area contributed by atoms with E-state index < -0.39 is 83.4 Å². The summed E-state index contributed by atoms with van der Waals surface area (Å²) in [5.41, 5.74) is 47.6. The highest BCUT2D eigenvalue weighted by atomic mass is 31.3. The molecule has 1 aliphatic rings. The molecule has 0 aromatic heterocycles. The van der Waals surface area contributed by atoms with E-state index in [9.17, 15) is 50.2 Å². The van der Waals surface area contributed by atoms with E-state index in [0.717, 1.165) is 0 Å². The Hall–Kier alpha value is 1.53. The van der Waals surface area contributed by atoms with Crippen LogP contribution >= 0.6 is 83.4 Å². The van der Waals surface area contributed by atoms with E-state index in [-0.39, 0.29) is 14.9 Å². The van der Waals surface area contributed by atoms with Crippen LogP contribution in [0.3, 0.4) is 0 Å². The van der Waals surface area contributed by atoms with Gasteiger partial charge in [-0.05, 0) is 56.4 Å². The van der Waals surface area contributed by atoms with Gasteiger partial charge >= 0.3 is 0 Å². The summed E-state index contributed by atoms with van der Waals surface area (Å²) in [7, 11) is -26.1. The zero-order valence-corrected chi connectivity index (χ0v) is 41.5. The normalized spacial score (nSPS) is 24.9. The van der Waals surface area contributed by atoms with Gasteiger partial charge in [-0.2, -0.15) is 34.0 Å². The molecule has 0 aromatic rings. The van der Waals surface area contributed by atoms with Crippen LogP contribution < -0.4 is 130 Å². The quantitative estimate of drug-likeness (QED) is 0.0716. The van der Waals surface area contributed by atoms with Gasteiger partial charge in [-0.25, -0.2) is 40.7 Å². The van der Waals surface area contributed by atoms with E-state index in [0.29, 0.717) is 0 Å². The second-order valence-electron chi connectivity index (χ2n) is 10.0. The highest BCUT2D eigenvalue weighted by Crippen LogP contribution is 2.58. The lowest BCUT2D eigenvalue weighted by molar-refractivity contribution is 0.538. The highest BCUT2D eigenvalue weighted by molar-refractivity contribution is 7.88. The minimum Gasteiger partial charge on any atom is -0.289 e. The molecule has 1 aliphatic heterocycles. The Morgan fingerprint density at radius 2 is 0.569 bits per heavy atom. The Bertz CT molecular complexity index is 1580. The molecule has 0 aliphatic carbocycles. The monoisotopic (exact) mass is 1070 g/mol. The van der Waals surface area contributed by atoms with Crippen LogP contribution in [0.4, 0.5) is 0 Å². The molecular formula is C11H70N25O11P11. The van der Waals surface area contributed by atoms with E-state index in [1.54, 1.807) is 0 Å². The molecule has 47 heteroatoms. The second kappa shape index (κ2) is 28.4. The average Bonchev–Trinajstić information content (AvgIpc) is 2.97. The van der Waals surface area contributed by atoms with Crippen molar-refractivity contribution in [2.75, 3.05) is 63.0 Å². The van der Waals surface area contributed by atoms with Crippen molar-refractivity contribution in [1.82, 2.24) is 74.7 Å². The summed E-state index contributed by atoms with van der Waals surface area (Å²) in [6.45, 7) is 1.20. The van der Waals surface area contributed by atoms with Crippen molar-refractivity contribution >= 4 is 83.4 Å². The van der Waals surface area contributed by atoms with Crippen molar-refractivity contribution < 1.29 is 50.2 Å². The van der Waals surface area contributed by atoms with Gasteiger partial charge in [-0.3, -0.25) is 105 Å². The Kier molecular flexibility index (Phi) is 34.9. The summed E-state index contributed by atoms with van der Waals surface area (Å²) in [5, 5.41) is 19.2. The van der Waals surface area contributed by atoms with Crippen molar-refractivity contribution in [3.8, 4) is 0 Å². The predicted molar refractivity (Wildman–Crippen MR) is 239 cm³/mol. The van der Waals surface area contributed by atoms with Crippen molar-refractivity contribution in [1.29, 1.82) is 0 Å². The maximum Gasteiger partial charge on any atom is 0.294 e. The fourth-order valence-corrected chi connectivity index (χ4v) is 22.6. The van der Waals surface area contributed by atoms with Crippen LogP contribution in [0.25, 0.3) is 0 Å². The number of nitrogens with two attached hydrogens (primary N) is 10. The van der Waals surface area contributed by atoms with Gasteiger partial charge in [0.05, 0.1) is 0 Å². The molecule has 6 unspecified atom stereocenters. The van der Waals surface area contributed by atoms with Crippen molar-refractivity contribution in [3.05, 3.63) is 0 Å². The first kappa shape index (κ1) is 71.2. The number of hydrogen-bond acceptors (Lipinski definition) is 11. The molecule has 0 aromatic carbocycles. The summed E-state index contributed by atoms with van der Waals surface area (Å²) in [6, 6.07) is 0. The van der Waals surface area contributed by atoms with E-state index in [1.165, 1.54) is 63.0 Å². The van der Waals surface area contributed by atoms with Crippen molar-refractivity contribution in [2.24, 2.45) is 55.0 Å². The molecule has 360 valence electrons. The van der Waals surface area contributed by atoms with Gasteiger partial charge in [-0.15, -0.1) is 0 Å². The van der Waals surface area contributed by atoms with E-state index in [1.807, 2.05) is 4.86 Å². The molecule has 1 saturated heterocycles. The lowest BCUT2D eigenvalue weighted by atomic mass is 11.6. The Labute approximate surface area is 340 Å². The van der Waals surface area contributed by atoms with E-state index >= 15 is 0 Å².